The molecule has 0 bridgehead atoms. The Balaban J connectivity index is 1.04. The van der Waals surface area contributed by atoms with Gasteiger partial charge in [0.15, 0.2) is 17.5 Å². The summed E-state index contributed by atoms with van der Waals surface area (Å²) in [6.07, 6.45) is 1.87. The van der Waals surface area contributed by atoms with Crippen LogP contribution in [0.25, 0.3) is 99.1 Å². The topological polar surface area (TPSA) is 77.3 Å². The molecule has 0 aliphatic rings. The lowest BCUT2D eigenvalue weighted by molar-refractivity contribution is 1.07. The van der Waals surface area contributed by atoms with E-state index < -0.39 is 0 Å². The van der Waals surface area contributed by atoms with Gasteiger partial charge < -0.3 is 0 Å². The molecular weight excluding hydrogens is 669 g/mol. The first kappa shape index (κ1) is 30.8. The molecule has 6 nitrogen and oxygen atoms in total. The summed E-state index contributed by atoms with van der Waals surface area (Å²) in [7, 11) is 0. The van der Waals surface area contributed by atoms with Crippen molar-refractivity contribution in [3.8, 4) is 67.5 Å². The smallest absolute Gasteiger partial charge is 0.164 e. The molecule has 0 amide bonds. The number of hydrogen-bond acceptors (Lipinski definition) is 7. The summed E-state index contributed by atoms with van der Waals surface area (Å²) in [4.78, 5) is 30.5. The van der Waals surface area contributed by atoms with Crippen molar-refractivity contribution in [2.24, 2.45) is 0 Å². The lowest BCUT2D eigenvalue weighted by Gasteiger charge is -2.11. The van der Waals surface area contributed by atoms with Gasteiger partial charge in [-0.25, -0.2) is 24.9 Å². The summed E-state index contributed by atoms with van der Waals surface area (Å²) in [6.45, 7) is 0. The average molecular weight is 697 g/mol. The first-order valence-corrected chi connectivity index (χ1v) is 18.2. The van der Waals surface area contributed by atoms with Crippen molar-refractivity contribution in [2.45, 2.75) is 0 Å². The molecule has 0 aliphatic heterocycles. The summed E-state index contributed by atoms with van der Waals surface area (Å²) < 4.78 is 1.08. The molecule has 0 aliphatic carbocycles. The molecule has 0 N–H and O–H groups in total. The molecule has 6 aromatic carbocycles. The van der Waals surface area contributed by atoms with Crippen LogP contribution in [-0.2, 0) is 0 Å². The number of hydrogen-bond donors (Lipinski definition) is 0. The van der Waals surface area contributed by atoms with E-state index in [0.717, 1.165) is 76.1 Å². The van der Waals surface area contributed by atoms with E-state index in [1.54, 1.807) is 11.3 Å². The van der Waals surface area contributed by atoms with E-state index in [1.807, 2.05) is 66.9 Å². The van der Waals surface area contributed by atoms with Crippen molar-refractivity contribution in [1.29, 1.82) is 0 Å². The van der Waals surface area contributed by atoms with E-state index in [1.165, 1.54) is 5.56 Å². The highest BCUT2D eigenvalue weighted by Crippen LogP contribution is 2.39. The number of nitrogens with zero attached hydrogens (tertiary/aromatic N) is 6. The highest BCUT2D eigenvalue weighted by Gasteiger charge is 2.16. The zero-order valence-electron chi connectivity index (χ0n) is 28.3. The average Bonchev–Trinajstić information content (AvgIpc) is 3.61. The van der Waals surface area contributed by atoms with Gasteiger partial charge in [0.2, 0.25) is 0 Å². The van der Waals surface area contributed by atoms with Crippen molar-refractivity contribution in [3.05, 3.63) is 170 Å². The molecule has 53 heavy (non-hydrogen) atoms. The third-order valence-corrected chi connectivity index (χ3v) is 10.5. The second kappa shape index (κ2) is 13.0. The van der Waals surface area contributed by atoms with Gasteiger partial charge in [-0.05, 0) is 58.1 Å². The van der Waals surface area contributed by atoms with E-state index in [9.17, 15) is 0 Å². The molecule has 0 fully saturated rings. The van der Waals surface area contributed by atoms with Gasteiger partial charge in [0.25, 0.3) is 0 Å². The van der Waals surface area contributed by atoms with Gasteiger partial charge in [0, 0.05) is 28.5 Å². The lowest BCUT2D eigenvalue weighted by Crippen LogP contribution is -2.00. The maximum atomic E-state index is 5.04. The molecular formula is C46H28N6S. The van der Waals surface area contributed by atoms with Crippen LogP contribution in [0.1, 0.15) is 0 Å². The maximum absolute atomic E-state index is 5.04. The number of aromatic nitrogens is 6. The molecule has 4 heterocycles. The zero-order valence-corrected chi connectivity index (χ0v) is 29.1. The van der Waals surface area contributed by atoms with E-state index in [2.05, 4.69) is 103 Å². The predicted octanol–water partition coefficient (Wildman–Crippen LogP) is 11.6. The summed E-state index contributed by atoms with van der Waals surface area (Å²) in [5.41, 5.74) is 12.9. The van der Waals surface area contributed by atoms with Gasteiger partial charge in [0.05, 0.1) is 15.7 Å². The van der Waals surface area contributed by atoms with Crippen LogP contribution >= 0.6 is 11.3 Å². The zero-order chi connectivity index (χ0) is 35.1. The minimum absolute atomic E-state index is 0.618. The van der Waals surface area contributed by atoms with E-state index >= 15 is 0 Å². The van der Waals surface area contributed by atoms with Crippen LogP contribution in [0.5, 0.6) is 0 Å². The number of fused-ring (bicyclic) bond motifs is 4. The third-order valence-electron chi connectivity index (χ3n) is 9.41. The van der Waals surface area contributed by atoms with Crippen LogP contribution in [-0.4, -0.2) is 29.9 Å². The molecule has 0 saturated carbocycles. The quantitative estimate of drug-likeness (QED) is 0.172. The van der Waals surface area contributed by atoms with Crippen LogP contribution in [0.2, 0.25) is 0 Å². The standard InChI is InChI=1S/C46H28N6S/c1-3-11-29(12-4-1)30-21-23-32(24-22-30)44-50-43(31-13-5-2-6-14-31)51-45(52-44)36-18-10-16-34(28-36)33-15-9-17-35(27-33)37-25-26-47-40-41-46(53-42(37)40)49-39-20-8-7-19-38(39)48-41/h1-28H. The number of thiophene rings is 1. The minimum atomic E-state index is 0.618. The van der Waals surface area contributed by atoms with Crippen molar-refractivity contribution >= 4 is 42.9 Å². The van der Waals surface area contributed by atoms with Crippen LogP contribution in [0.4, 0.5) is 0 Å². The predicted molar refractivity (Wildman–Crippen MR) is 216 cm³/mol. The largest absolute Gasteiger partial charge is 0.253 e. The van der Waals surface area contributed by atoms with Crippen LogP contribution < -0.4 is 0 Å². The molecule has 0 atom stereocenters. The van der Waals surface area contributed by atoms with Gasteiger partial charge >= 0.3 is 0 Å². The Kier molecular flexibility index (Phi) is 7.55. The fourth-order valence-electron chi connectivity index (χ4n) is 6.75. The van der Waals surface area contributed by atoms with Gasteiger partial charge in [0.1, 0.15) is 15.9 Å². The summed E-state index contributed by atoms with van der Waals surface area (Å²) in [5.74, 6) is 1.88. The molecule has 10 aromatic rings. The Bertz CT molecular complexity index is 2940. The molecule has 0 spiro atoms. The highest BCUT2D eigenvalue weighted by atomic mass is 32.1. The van der Waals surface area contributed by atoms with Crippen LogP contribution in [0.15, 0.2) is 170 Å². The van der Waals surface area contributed by atoms with Gasteiger partial charge in [-0.15, -0.1) is 11.3 Å². The Morgan fingerprint density at radius 1 is 0.340 bits per heavy atom. The monoisotopic (exact) mass is 696 g/mol. The van der Waals surface area contributed by atoms with Crippen molar-refractivity contribution in [2.75, 3.05) is 0 Å². The Morgan fingerprint density at radius 2 is 0.830 bits per heavy atom. The van der Waals surface area contributed by atoms with Crippen LogP contribution in [0, 0.1) is 0 Å². The number of pyridine rings is 1. The highest BCUT2D eigenvalue weighted by molar-refractivity contribution is 7.25. The summed E-state index contributed by atoms with van der Waals surface area (Å²) >= 11 is 1.64. The molecule has 0 saturated heterocycles. The van der Waals surface area contributed by atoms with Crippen molar-refractivity contribution in [1.82, 2.24) is 29.9 Å². The molecule has 4 aromatic heterocycles. The van der Waals surface area contributed by atoms with E-state index in [0.29, 0.717) is 17.5 Å². The molecule has 248 valence electrons. The third kappa shape index (κ3) is 5.79. The maximum Gasteiger partial charge on any atom is 0.164 e. The first-order chi connectivity index (χ1) is 26.2. The molecule has 0 unspecified atom stereocenters. The second-order valence-corrected chi connectivity index (χ2v) is 13.8. The van der Waals surface area contributed by atoms with Crippen molar-refractivity contribution in [3.63, 3.8) is 0 Å². The minimum Gasteiger partial charge on any atom is -0.253 e. The van der Waals surface area contributed by atoms with E-state index in [4.69, 9.17) is 29.9 Å². The fraction of sp³-hybridized carbons (Fsp3) is 0. The summed E-state index contributed by atoms with van der Waals surface area (Å²) in [6, 6.07) is 56.0. The Morgan fingerprint density at radius 3 is 1.53 bits per heavy atom. The van der Waals surface area contributed by atoms with E-state index in [-0.39, 0.29) is 0 Å². The Hall–Kier alpha value is -6.96. The summed E-state index contributed by atoms with van der Waals surface area (Å²) in [5, 5.41) is 0. The fourth-order valence-corrected chi connectivity index (χ4v) is 7.87. The number of benzene rings is 6. The SMILES string of the molecule is c1ccc(-c2ccc(-c3nc(-c4ccccc4)nc(-c4cccc(-c5cccc(-c6ccnc7c6sc6nc8ccccc8nc67)c5)c4)n3)cc2)cc1. The van der Waals surface area contributed by atoms with Gasteiger partial charge in [-0.1, -0.05) is 133 Å². The molecule has 7 heteroatoms. The lowest BCUT2D eigenvalue weighted by atomic mass is 9.98. The normalized spacial score (nSPS) is 11.4. The molecule has 0 radical (unpaired) electrons. The van der Waals surface area contributed by atoms with Crippen molar-refractivity contribution < 1.29 is 0 Å². The van der Waals surface area contributed by atoms with Gasteiger partial charge in [-0.2, -0.15) is 0 Å². The van der Waals surface area contributed by atoms with Crippen LogP contribution in [0.3, 0.4) is 0 Å². The Labute approximate surface area is 309 Å². The number of rotatable bonds is 6. The second-order valence-electron chi connectivity index (χ2n) is 12.8. The number of para-hydroxylation sites is 2. The molecule has 10 rings (SSSR count). The first-order valence-electron chi connectivity index (χ1n) is 17.4. The van der Waals surface area contributed by atoms with Gasteiger partial charge in [-0.3, -0.25) is 4.98 Å².